The van der Waals surface area contributed by atoms with Gasteiger partial charge in [-0.1, -0.05) is 23.7 Å². The number of aromatic nitrogens is 1. The molecule has 0 aliphatic rings. The van der Waals surface area contributed by atoms with E-state index in [2.05, 4.69) is 10.3 Å². The molecule has 0 saturated carbocycles. The van der Waals surface area contributed by atoms with E-state index >= 15 is 0 Å². The van der Waals surface area contributed by atoms with Crippen molar-refractivity contribution < 1.29 is 9.21 Å². The number of nitrogens with one attached hydrogen (secondary N) is 2. The van der Waals surface area contributed by atoms with Gasteiger partial charge in [-0.3, -0.25) is 9.78 Å². The van der Waals surface area contributed by atoms with Gasteiger partial charge in [0.15, 0.2) is 5.58 Å². The maximum absolute atomic E-state index is 12.0. The molecular formula is C15H11ClN2O3S. The standard InChI is InChI=1S/C15H11ClN2O3S/c16-10-3-1-2-4-13(10)22-8-14(19)17-9-5-6-12-11(7-9)18-15(20)21-12/h1-7H,8H2,(H,17,19)(H,18,20). The Kier molecular flexibility index (Phi) is 4.22. The summed E-state index contributed by atoms with van der Waals surface area (Å²) >= 11 is 7.40. The van der Waals surface area contributed by atoms with E-state index in [0.717, 1.165) is 4.90 Å². The fourth-order valence-electron chi connectivity index (χ4n) is 1.93. The van der Waals surface area contributed by atoms with Gasteiger partial charge in [-0.25, -0.2) is 4.79 Å². The number of rotatable bonds is 4. The molecule has 0 bridgehead atoms. The van der Waals surface area contributed by atoms with Gasteiger partial charge >= 0.3 is 5.76 Å². The molecule has 2 aromatic carbocycles. The van der Waals surface area contributed by atoms with Gasteiger partial charge in [0, 0.05) is 10.6 Å². The van der Waals surface area contributed by atoms with Crippen LogP contribution in [-0.4, -0.2) is 16.6 Å². The highest BCUT2D eigenvalue weighted by Gasteiger charge is 2.07. The van der Waals surface area contributed by atoms with Gasteiger partial charge in [0.2, 0.25) is 5.91 Å². The number of carbonyl (C=O) groups excluding carboxylic acids is 1. The molecule has 0 spiro atoms. The highest BCUT2D eigenvalue weighted by Crippen LogP contribution is 2.26. The fourth-order valence-corrected chi connectivity index (χ4v) is 2.97. The van der Waals surface area contributed by atoms with Crippen molar-refractivity contribution in [1.29, 1.82) is 0 Å². The summed E-state index contributed by atoms with van der Waals surface area (Å²) < 4.78 is 4.90. The minimum absolute atomic E-state index is 0.157. The SMILES string of the molecule is O=C(CSc1ccccc1Cl)Nc1ccc2oc(=O)[nH]c2c1. The average molecular weight is 335 g/mol. The van der Waals surface area contributed by atoms with E-state index in [1.807, 2.05) is 18.2 Å². The molecule has 3 rings (SSSR count). The molecule has 0 radical (unpaired) electrons. The van der Waals surface area contributed by atoms with Crippen LogP contribution in [0.3, 0.4) is 0 Å². The van der Waals surface area contributed by atoms with Gasteiger partial charge in [0.1, 0.15) is 0 Å². The first-order valence-electron chi connectivity index (χ1n) is 6.42. The zero-order chi connectivity index (χ0) is 15.5. The van der Waals surface area contributed by atoms with Gasteiger partial charge in [-0.2, -0.15) is 0 Å². The lowest BCUT2D eigenvalue weighted by atomic mass is 10.3. The van der Waals surface area contributed by atoms with E-state index in [-0.39, 0.29) is 11.7 Å². The van der Waals surface area contributed by atoms with Gasteiger partial charge in [-0.05, 0) is 30.3 Å². The van der Waals surface area contributed by atoms with Crippen LogP contribution in [-0.2, 0) is 4.79 Å². The number of H-pyrrole nitrogens is 1. The summed E-state index contributed by atoms with van der Waals surface area (Å²) in [5.41, 5.74) is 1.59. The van der Waals surface area contributed by atoms with Crippen LogP contribution in [0.5, 0.6) is 0 Å². The second-order valence-corrected chi connectivity index (χ2v) is 5.92. The summed E-state index contributed by atoms with van der Waals surface area (Å²) in [5.74, 6) is -0.438. The number of anilines is 1. The lowest BCUT2D eigenvalue weighted by Gasteiger charge is -2.06. The number of oxazole rings is 1. The third-order valence-electron chi connectivity index (χ3n) is 2.90. The molecule has 3 aromatic rings. The van der Waals surface area contributed by atoms with Crippen LogP contribution >= 0.6 is 23.4 Å². The number of amides is 1. The van der Waals surface area contributed by atoms with Crippen LogP contribution in [0.15, 0.2) is 56.6 Å². The lowest BCUT2D eigenvalue weighted by Crippen LogP contribution is -2.13. The maximum atomic E-state index is 12.0. The molecule has 0 unspecified atom stereocenters. The van der Waals surface area contributed by atoms with Crippen molar-refractivity contribution in [2.45, 2.75) is 4.90 Å². The van der Waals surface area contributed by atoms with Crippen LogP contribution < -0.4 is 11.1 Å². The smallest absolute Gasteiger partial charge is 0.408 e. The van der Waals surface area contributed by atoms with Gasteiger partial charge < -0.3 is 9.73 Å². The van der Waals surface area contributed by atoms with E-state index in [4.69, 9.17) is 16.0 Å². The van der Waals surface area contributed by atoms with Crippen molar-refractivity contribution in [1.82, 2.24) is 4.98 Å². The van der Waals surface area contributed by atoms with E-state index in [0.29, 0.717) is 21.8 Å². The second kappa shape index (κ2) is 6.29. The molecule has 0 aliphatic heterocycles. The molecule has 2 N–H and O–H groups in total. The first-order chi connectivity index (χ1) is 10.6. The molecular weight excluding hydrogens is 324 g/mol. The van der Waals surface area contributed by atoms with Crippen LogP contribution in [0.4, 0.5) is 5.69 Å². The maximum Gasteiger partial charge on any atom is 0.417 e. The van der Waals surface area contributed by atoms with Crippen LogP contribution in [0.25, 0.3) is 11.1 Å². The second-order valence-electron chi connectivity index (χ2n) is 4.49. The summed E-state index contributed by atoms with van der Waals surface area (Å²) in [6.07, 6.45) is 0. The largest absolute Gasteiger partial charge is 0.417 e. The predicted molar refractivity (Wildman–Crippen MR) is 87.6 cm³/mol. The Bertz CT molecular complexity index is 888. The number of aromatic amines is 1. The normalized spacial score (nSPS) is 10.8. The van der Waals surface area contributed by atoms with Crippen molar-refractivity contribution >= 4 is 46.1 Å². The number of halogens is 1. The number of carbonyl (C=O) groups is 1. The molecule has 0 saturated heterocycles. The Balaban J connectivity index is 1.65. The van der Waals surface area contributed by atoms with Crippen LogP contribution in [0, 0.1) is 0 Å². The number of hydrogen-bond donors (Lipinski definition) is 2. The van der Waals surface area contributed by atoms with Crippen molar-refractivity contribution in [3.8, 4) is 0 Å². The highest BCUT2D eigenvalue weighted by atomic mass is 35.5. The molecule has 5 nitrogen and oxygen atoms in total. The minimum Gasteiger partial charge on any atom is -0.408 e. The summed E-state index contributed by atoms with van der Waals surface area (Å²) in [6.45, 7) is 0. The molecule has 22 heavy (non-hydrogen) atoms. The monoisotopic (exact) mass is 334 g/mol. The average Bonchev–Trinajstić information content (AvgIpc) is 2.86. The van der Waals surface area contributed by atoms with Crippen molar-refractivity contribution in [2.24, 2.45) is 0 Å². The molecule has 0 fully saturated rings. The molecule has 1 amide bonds. The van der Waals surface area contributed by atoms with E-state index in [1.54, 1.807) is 24.3 Å². The minimum atomic E-state index is -0.521. The first kappa shape index (κ1) is 14.7. The predicted octanol–water partition coefficient (Wildman–Crippen LogP) is 3.51. The number of benzene rings is 2. The molecule has 1 heterocycles. The Labute approximate surface area is 134 Å². The Morgan fingerprint density at radius 2 is 2.09 bits per heavy atom. The summed E-state index contributed by atoms with van der Waals surface area (Å²) in [7, 11) is 0. The lowest BCUT2D eigenvalue weighted by molar-refractivity contribution is -0.113. The summed E-state index contributed by atoms with van der Waals surface area (Å²) in [5, 5.41) is 3.39. The molecule has 1 aromatic heterocycles. The number of fused-ring (bicyclic) bond motifs is 1. The molecule has 0 atom stereocenters. The third kappa shape index (κ3) is 3.35. The molecule has 0 aliphatic carbocycles. The quantitative estimate of drug-likeness (QED) is 0.716. The van der Waals surface area contributed by atoms with Gasteiger partial charge in [0.05, 0.1) is 16.3 Å². The number of thioether (sulfide) groups is 1. The van der Waals surface area contributed by atoms with E-state index in [1.165, 1.54) is 11.8 Å². The Morgan fingerprint density at radius 3 is 2.91 bits per heavy atom. The topological polar surface area (TPSA) is 75.1 Å². The van der Waals surface area contributed by atoms with Crippen molar-refractivity contribution in [3.63, 3.8) is 0 Å². The van der Waals surface area contributed by atoms with E-state index in [9.17, 15) is 9.59 Å². The van der Waals surface area contributed by atoms with Crippen LogP contribution in [0.1, 0.15) is 0 Å². The van der Waals surface area contributed by atoms with Gasteiger partial charge in [0.25, 0.3) is 0 Å². The van der Waals surface area contributed by atoms with Gasteiger partial charge in [-0.15, -0.1) is 11.8 Å². The Hall–Kier alpha value is -2.18. The number of hydrogen-bond acceptors (Lipinski definition) is 4. The molecule has 112 valence electrons. The highest BCUT2D eigenvalue weighted by molar-refractivity contribution is 8.00. The summed E-state index contributed by atoms with van der Waals surface area (Å²) in [6, 6.07) is 12.3. The zero-order valence-electron chi connectivity index (χ0n) is 11.3. The van der Waals surface area contributed by atoms with Crippen LogP contribution in [0.2, 0.25) is 5.02 Å². The Morgan fingerprint density at radius 1 is 1.27 bits per heavy atom. The summed E-state index contributed by atoms with van der Waals surface area (Å²) in [4.78, 5) is 26.5. The van der Waals surface area contributed by atoms with Crippen molar-refractivity contribution in [3.05, 3.63) is 58.0 Å². The van der Waals surface area contributed by atoms with E-state index < -0.39 is 5.76 Å². The first-order valence-corrected chi connectivity index (χ1v) is 7.78. The fraction of sp³-hybridized carbons (Fsp3) is 0.0667. The zero-order valence-corrected chi connectivity index (χ0v) is 12.8. The molecule has 7 heteroatoms. The van der Waals surface area contributed by atoms with Crippen molar-refractivity contribution in [2.75, 3.05) is 11.1 Å². The third-order valence-corrected chi connectivity index (χ3v) is 4.41.